The predicted molar refractivity (Wildman–Crippen MR) is 117 cm³/mol. The van der Waals surface area contributed by atoms with Gasteiger partial charge in [-0.25, -0.2) is 9.97 Å². The highest BCUT2D eigenvalue weighted by atomic mass is 16.1. The first kappa shape index (κ1) is 18.6. The summed E-state index contributed by atoms with van der Waals surface area (Å²) in [6.45, 7) is 4.01. The molecule has 3 aromatic carbocycles. The summed E-state index contributed by atoms with van der Waals surface area (Å²) in [5.41, 5.74) is 6.25. The Morgan fingerprint density at radius 3 is 2.00 bits per heavy atom. The van der Waals surface area contributed by atoms with E-state index in [1.807, 2.05) is 92.7 Å². The van der Waals surface area contributed by atoms with Crippen LogP contribution in [0.4, 0.5) is 5.95 Å². The quantitative estimate of drug-likeness (QED) is 0.496. The molecule has 4 rings (SSSR count). The number of benzene rings is 3. The van der Waals surface area contributed by atoms with Crippen molar-refractivity contribution >= 4 is 11.9 Å². The molecular weight excluding hydrogens is 358 g/mol. The maximum atomic E-state index is 12.7. The highest BCUT2D eigenvalue weighted by Gasteiger charge is 2.12. The van der Waals surface area contributed by atoms with Crippen molar-refractivity contribution in [2.45, 2.75) is 13.8 Å². The Morgan fingerprint density at radius 2 is 1.34 bits per heavy atom. The van der Waals surface area contributed by atoms with E-state index in [0.717, 1.165) is 28.1 Å². The van der Waals surface area contributed by atoms with Crippen LogP contribution in [-0.2, 0) is 0 Å². The van der Waals surface area contributed by atoms with Gasteiger partial charge in [-0.1, -0.05) is 77.9 Å². The van der Waals surface area contributed by atoms with E-state index in [2.05, 4.69) is 15.3 Å². The Balaban J connectivity index is 1.75. The van der Waals surface area contributed by atoms with Gasteiger partial charge in [-0.15, -0.1) is 0 Å². The van der Waals surface area contributed by atoms with Crippen molar-refractivity contribution in [3.63, 3.8) is 0 Å². The summed E-state index contributed by atoms with van der Waals surface area (Å²) in [6, 6.07) is 27.4. The Labute approximate surface area is 170 Å². The van der Waals surface area contributed by atoms with Crippen molar-refractivity contribution in [1.82, 2.24) is 9.97 Å². The van der Waals surface area contributed by atoms with Gasteiger partial charge in [0.15, 0.2) is 0 Å². The molecule has 0 saturated carbocycles. The summed E-state index contributed by atoms with van der Waals surface area (Å²) in [7, 11) is 0. The zero-order valence-corrected chi connectivity index (χ0v) is 16.4. The topological polar surface area (TPSA) is 54.9 Å². The fraction of sp³-hybridized carbons (Fsp3) is 0.0800. The van der Waals surface area contributed by atoms with Crippen LogP contribution in [0.25, 0.3) is 22.5 Å². The first-order valence-electron chi connectivity index (χ1n) is 9.48. The lowest BCUT2D eigenvalue weighted by molar-refractivity contribution is 0.102. The maximum Gasteiger partial charge on any atom is 0.258 e. The monoisotopic (exact) mass is 379 g/mol. The Hall–Kier alpha value is -3.79. The van der Waals surface area contributed by atoms with Crippen LogP contribution in [0.15, 0.2) is 84.9 Å². The molecule has 0 aliphatic rings. The number of carbonyl (C=O) groups is 1. The number of hydrogen-bond donors (Lipinski definition) is 1. The molecule has 1 heterocycles. The van der Waals surface area contributed by atoms with Gasteiger partial charge in [-0.3, -0.25) is 10.1 Å². The molecule has 1 N–H and O–H groups in total. The number of aryl methyl sites for hydroxylation is 2. The molecular formula is C25H21N3O. The Morgan fingerprint density at radius 1 is 0.690 bits per heavy atom. The highest BCUT2D eigenvalue weighted by molar-refractivity contribution is 6.03. The van der Waals surface area contributed by atoms with Crippen molar-refractivity contribution in [3.05, 3.63) is 102 Å². The number of anilines is 1. The normalized spacial score (nSPS) is 10.6. The third-order valence-corrected chi connectivity index (χ3v) is 4.65. The minimum absolute atomic E-state index is 0.228. The van der Waals surface area contributed by atoms with Gasteiger partial charge >= 0.3 is 0 Å². The fourth-order valence-corrected chi connectivity index (χ4v) is 3.09. The van der Waals surface area contributed by atoms with Gasteiger partial charge in [0.2, 0.25) is 5.95 Å². The minimum Gasteiger partial charge on any atom is -0.290 e. The van der Waals surface area contributed by atoms with E-state index in [1.54, 1.807) is 6.07 Å². The van der Waals surface area contributed by atoms with E-state index in [0.29, 0.717) is 5.56 Å². The van der Waals surface area contributed by atoms with E-state index in [-0.39, 0.29) is 11.9 Å². The lowest BCUT2D eigenvalue weighted by Gasteiger charge is -2.10. The molecule has 0 bridgehead atoms. The van der Waals surface area contributed by atoms with Gasteiger partial charge in [0.1, 0.15) is 0 Å². The molecule has 0 aliphatic carbocycles. The second-order valence-electron chi connectivity index (χ2n) is 7.02. The molecule has 0 atom stereocenters. The molecule has 142 valence electrons. The van der Waals surface area contributed by atoms with Crippen LogP contribution in [0.3, 0.4) is 0 Å². The van der Waals surface area contributed by atoms with Crippen LogP contribution < -0.4 is 5.32 Å². The summed E-state index contributed by atoms with van der Waals surface area (Å²) in [5, 5.41) is 2.86. The lowest BCUT2D eigenvalue weighted by Crippen LogP contribution is -2.15. The molecule has 1 amide bonds. The van der Waals surface area contributed by atoms with E-state index >= 15 is 0 Å². The summed E-state index contributed by atoms with van der Waals surface area (Å²) < 4.78 is 0. The lowest BCUT2D eigenvalue weighted by atomic mass is 10.1. The second-order valence-corrected chi connectivity index (χ2v) is 7.02. The fourth-order valence-electron chi connectivity index (χ4n) is 3.09. The first-order chi connectivity index (χ1) is 14.1. The minimum atomic E-state index is -0.228. The number of aromatic nitrogens is 2. The second kappa shape index (κ2) is 8.07. The van der Waals surface area contributed by atoms with Crippen LogP contribution in [-0.4, -0.2) is 15.9 Å². The number of amides is 1. The van der Waals surface area contributed by atoms with Crippen molar-refractivity contribution in [2.75, 3.05) is 5.32 Å². The highest BCUT2D eigenvalue weighted by Crippen LogP contribution is 2.25. The summed E-state index contributed by atoms with van der Waals surface area (Å²) in [4.78, 5) is 21.9. The summed E-state index contributed by atoms with van der Waals surface area (Å²) in [5.74, 6) is 0.0576. The number of hydrogen-bond acceptors (Lipinski definition) is 3. The molecule has 0 unspecified atom stereocenters. The van der Waals surface area contributed by atoms with E-state index < -0.39 is 0 Å². The van der Waals surface area contributed by atoms with Gasteiger partial charge in [-0.2, -0.15) is 0 Å². The molecule has 4 heteroatoms. The first-order valence-corrected chi connectivity index (χ1v) is 9.48. The van der Waals surface area contributed by atoms with Gasteiger partial charge in [0.05, 0.1) is 11.4 Å². The molecule has 1 aromatic heterocycles. The molecule has 0 saturated heterocycles. The van der Waals surface area contributed by atoms with E-state index in [4.69, 9.17) is 0 Å². The molecule has 0 radical (unpaired) electrons. The van der Waals surface area contributed by atoms with E-state index in [1.165, 1.54) is 5.56 Å². The van der Waals surface area contributed by atoms with Gasteiger partial charge in [0.25, 0.3) is 5.91 Å². The van der Waals surface area contributed by atoms with Crippen molar-refractivity contribution < 1.29 is 4.79 Å². The Kier molecular flexibility index (Phi) is 5.16. The molecule has 4 aromatic rings. The van der Waals surface area contributed by atoms with Crippen LogP contribution in [0, 0.1) is 13.8 Å². The van der Waals surface area contributed by atoms with Crippen molar-refractivity contribution in [1.29, 1.82) is 0 Å². The van der Waals surface area contributed by atoms with Crippen LogP contribution in [0.1, 0.15) is 21.5 Å². The molecule has 29 heavy (non-hydrogen) atoms. The summed E-state index contributed by atoms with van der Waals surface area (Å²) >= 11 is 0. The predicted octanol–water partition coefficient (Wildman–Crippen LogP) is 5.68. The average Bonchev–Trinajstić information content (AvgIpc) is 2.74. The third-order valence-electron chi connectivity index (χ3n) is 4.65. The standard InChI is InChI=1S/C25H21N3O/c1-17-11-13-20(14-12-17)23-16-22(19-8-4-3-5-9-19)26-25(27-23)28-24(29)21-10-6-7-18(2)15-21/h3-16H,1-2H3,(H,26,27,28,29). The zero-order valence-electron chi connectivity index (χ0n) is 16.4. The third kappa shape index (κ3) is 4.38. The zero-order chi connectivity index (χ0) is 20.2. The van der Waals surface area contributed by atoms with Crippen molar-refractivity contribution in [2.24, 2.45) is 0 Å². The van der Waals surface area contributed by atoms with E-state index in [9.17, 15) is 4.79 Å². The van der Waals surface area contributed by atoms with Crippen LogP contribution in [0.2, 0.25) is 0 Å². The number of rotatable bonds is 4. The molecule has 0 fully saturated rings. The van der Waals surface area contributed by atoms with Crippen molar-refractivity contribution in [3.8, 4) is 22.5 Å². The Bertz CT molecular complexity index is 1150. The number of nitrogens with zero attached hydrogens (tertiary/aromatic N) is 2. The molecule has 0 spiro atoms. The van der Waals surface area contributed by atoms with Gasteiger partial charge < -0.3 is 0 Å². The molecule has 4 nitrogen and oxygen atoms in total. The maximum absolute atomic E-state index is 12.7. The molecule has 0 aliphatic heterocycles. The summed E-state index contributed by atoms with van der Waals surface area (Å²) in [6.07, 6.45) is 0. The average molecular weight is 379 g/mol. The number of nitrogens with one attached hydrogen (secondary N) is 1. The van der Waals surface area contributed by atoms with Crippen LogP contribution in [0.5, 0.6) is 0 Å². The number of carbonyl (C=O) groups excluding carboxylic acids is 1. The van der Waals surface area contributed by atoms with Gasteiger partial charge in [0, 0.05) is 16.7 Å². The van der Waals surface area contributed by atoms with Gasteiger partial charge in [-0.05, 0) is 32.0 Å². The van der Waals surface area contributed by atoms with Crippen LogP contribution >= 0.6 is 0 Å². The smallest absolute Gasteiger partial charge is 0.258 e. The largest absolute Gasteiger partial charge is 0.290 e. The SMILES string of the molecule is Cc1ccc(-c2cc(-c3ccccc3)nc(NC(=O)c3cccc(C)c3)n2)cc1.